The first-order valence-corrected chi connectivity index (χ1v) is 8.10. The Morgan fingerprint density at radius 3 is 1.40 bits per heavy atom. The van der Waals surface area contributed by atoms with E-state index >= 15 is 0 Å². The Hall–Kier alpha value is -0.405. The van der Waals surface area contributed by atoms with Crippen molar-refractivity contribution in [3.63, 3.8) is 0 Å². The van der Waals surface area contributed by atoms with Crippen LogP contribution in [0.3, 0.4) is 0 Å². The molecular formula is C22H23Li2N+. The third kappa shape index (κ3) is 5.07. The van der Waals surface area contributed by atoms with Crippen molar-refractivity contribution in [3.8, 4) is 0 Å². The first kappa shape index (κ1) is 22.6. The zero-order valence-corrected chi connectivity index (χ0v) is 16.0. The van der Waals surface area contributed by atoms with E-state index in [0.717, 1.165) is 0 Å². The molecule has 1 saturated carbocycles. The zero-order chi connectivity index (χ0) is 16.3. The van der Waals surface area contributed by atoms with Gasteiger partial charge in [0.2, 0.25) is 0 Å². The summed E-state index contributed by atoms with van der Waals surface area (Å²) in [6.45, 7) is 6.49. The van der Waals surface area contributed by atoms with Crippen LogP contribution in [0.5, 0.6) is 0 Å². The van der Waals surface area contributed by atoms with Crippen molar-refractivity contribution < 1.29 is 37.7 Å². The number of rotatable bonds is 4. The van der Waals surface area contributed by atoms with Gasteiger partial charge in [0.25, 0.3) is 0 Å². The molecule has 2 aromatic rings. The Bertz CT molecular complexity index is 574. The van der Waals surface area contributed by atoms with E-state index < -0.39 is 5.54 Å². The summed E-state index contributed by atoms with van der Waals surface area (Å²) in [6, 6.07) is 21.2. The Morgan fingerprint density at radius 1 is 0.640 bits per heavy atom. The van der Waals surface area contributed by atoms with Gasteiger partial charge in [-0.05, 0) is 31.6 Å². The van der Waals surface area contributed by atoms with Crippen LogP contribution < -0.4 is 37.7 Å². The second kappa shape index (κ2) is 9.51. The van der Waals surface area contributed by atoms with E-state index in [0.29, 0.717) is 0 Å². The van der Waals surface area contributed by atoms with Crippen molar-refractivity contribution in [1.82, 2.24) is 0 Å². The molecular weight excluding hydrogens is 292 g/mol. The van der Waals surface area contributed by atoms with E-state index in [9.17, 15) is 0 Å². The monoisotopic (exact) mass is 315 g/mol. The molecule has 3 rings (SSSR count). The summed E-state index contributed by atoms with van der Waals surface area (Å²) < 4.78 is 0. The quantitative estimate of drug-likeness (QED) is 0.677. The minimum atomic E-state index is -0.482. The van der Waals surface area contributed by atoms with Crippen LogP contribution in [0.4, 0.5) is 0 Å². The van der Waals surface area contributed by atoms with E-state index in [-0.39, 0.29) is 43.3 Å². The van der Waals surface area contributed by atoms with Crippen molar-refractivity contribution in [1.29, 1.82) is 0 Å². The molecule has 0 amide bonds. The van der Waals surface area contributed by atoms with Gasteiger partial charge in [0, 0.05) is 0 Å². The number of hydrogen-bond donors (Lipinski definition) is 0. The molecule has 1 aliphatic carbocycles. The van der Waals surface area contributed by atoms with E-state index in [1.54, 1.807) is 0 Å². The third-order valence-corrected chi connectivity index (χ3v) is 3.97. The molecule has 117 valence electrons. The van der Waals surface area contributed by atoms with Crippen LogP contribution in [0.15, 0.2) is 60.7 Å². The molecule has 1 aliphatic rings. The second-order valence-electron chi connectivity index (χ2n) is 6.90. The Kier molecular flexibility index (Phi) is 8.61. The van der Waals surface area contributed by atoms with E-state index in [2.05, 4.69) is 107 Å². The van der Waals surface area contributed by atoms with Crippen LogP contribution in [0.2, 0.25) is 0 Å². The van der Waals surface area contributed by atoms with Gasteiger partial charge in [0.15, 0.2) is 0 Å². The second-order valence-corrected chi connectivity index (χ2v) is 6.90. The van der Waals surface area contributed by atoms with Crippen molar-refractivity contribution in [2.24, 2.45) is 0 Å². The summed E-state index contributed by atoms with van der Waals surface area (Å²) in [5.74, 6) is 1.21. The first-order valence-electron chi connectivity index (χ1n) is 8.10. The van der Waals surface area contributed by atoms with Crippen LogP contribution in [-0.2, 0) is 5.54 Å². The van der Waals surface area contributed by atoms with Gasteiger partial charge in [-0.25, -0.2) is 0 Å². The van der Waals surface area contributed by atoms with Gasteiger partial charge in [0.05, 0.1) is 0 Å². The van der Waals surface area contributed by atoms with Crippen molar-refractivity contribution >= 4 is 0 Å². The van der Waals surface area contributed by atoms with Crippen LogP contribution in [0.25, 0.3) is 5.32 Å². The smallest absolute Gasteiger partial charge is 0.644 e. The molecule has 0 aromatic heterocycles. The maximum atomic E-state index is 5.32. The van der Waals surface area contributed by atoms with Crippen LogP contribution in [0, 0.1) is 31.6 Å². The van der Waals surface area contributed by atoms with Crippen molar-refractivity contribution in [2.75, 3.05) is 0 Å². The summed E-state index contributed by atoms with van der Waals surface area (Å²) in [6.07, 6.45) is 8.53. The van der Waals surface area contributed by atoms with Crippen molar-refractivity contribution in [3.05, 3.63) is 109 Å². The summed E-state index contributed by atoms with van der Waals surface area (Å²) in [5, 5.41) is 5.32. The Morgan fingerprint density at radius 2 is 1.04 bits per heavy atom. The average Bonchev–Trinajstić information content (AvgIpc) is 3.08. The van der Waals surface area contributed by atoms with Crippen LogP contribution >= 0.6 is 0 Å². The third-order valence-electron chi connectivity index (χ3n) is 3.97. The Balaban J connectivity index is 0.00000156. The fourth-order valence-electron chi connectivity index (χ4n) is 3.17. The molecule has 5 radical (unpaired) electrons. The topological polar surface area (TPSA) is 14.1 Å². The molecule has 1 nitrogen and oxygen atoms in total. The molecule has 0 unspecified atom stereocenters. The van der Waals surface area contributed by atoms with Crippen molar-refractivity contribution in [2.45, 2.75) is 31.8 Å². The van der Waals surface area contributed by atoms with Crippen LogP contribution in [-0.4, -0.2) is 5.54 Å². The maximum absolute atomic E-state index is 5.32. The van der Waals surface area contributed by atoms with Gasteiger partial charge in [-0.3, -0.25) is 0 Å². The molecule has 2 aromatic carbocycles. The average molecular weight is 315 g/mol. The number of benzene rings is 2. The first-order chi connectivity index (χ1) is 11.0. The van der Waals surface area contributed by atoms with Gasteiger partial charge in [-0.1, -0.05) is 98.1 Å². The Labute approximate surface area is 177 Å². The van der Waals surface area contributed by atoms with Gasteiger partial charge in [-0.15, -0.1) is 5.54 Å². The molecule has 0 heterocycles. The fourth-order valence-corrected chi connectivity index (χ4v) is 3.17. The normalized spacial score (nSPS) is 15.3. The van der Waals surface area contributed by atoms with Gasteiger partial charge in [-0.2, -0.15) is 0 Å². The van der Waals surface area contributed by atoms with Gasteiger partial charge >= 0.3 is 37.7 Å². The number of hydrogen-bond acceptors (Lipinski definition) is 0. The minimum Gasteiger partial charge on any atom is -0.644 e. The molecule has 0 bridgehead atoms. The van der Waals surface area contributed by atoms with Crippen LogP contribution in [0.1, 0.15) is 31.9 Å². The van der Waals surface area contributed by atoms with E-state index in [1.807, 2.05) is 0 Å². The molecule has 0 aliphatic heterocycles. The summed E-state index contributed by atoms with van der Waals surface area (Å²) in [4.78, 5) is 0. The fraction of sp³-hybridized carbons (Fsp3) is 0.227. The predicted octanol–water partition coefficient (Wildman–Crippen LogP) is -0.484. The summed E-state index contributed by atoms with van der Waals surface area (Å²) in [7, 11) is 0. The molecule has 0 N–H and O–H groups in total. The molecule has 25 heavy (non-hydrogen) atoms. The SMILES string of the molecule is CC(C)(C)[N-]C([C]1[CH][CH][CH][CH]1)(c1ccccc1)c1ccccc1.[Li+].[Li+]. The van der Waals surface area contributed by atoms with E-state index in [1.165, 1.54) is 17.0 Å². The number of nitrogens with zero attached hydrogens (tertiary/aromatic N) is 1. The maximum Gasteiger partial charge on any atom is 1.00 e. The summed E-state index contributed by atoms with van der Waals surface area (Å²) in [5.41, 5.74) is 1.76. The van der Waals surface area contributed by atoms with Gasteiger partial charge < -0.3 is 5.32 Å². The summed E-state index contributed by atoms with van der Waals surface area (Å²) >= 11 is 0. The zero-order valence-electron chi connectivity index (χ0n) is 16.0. The minimum absolute atomic E-state index is 0. The largest absolute Gasteiger partial charge is 1.00 e. The predicted molar refractivity (Wildman–Crippen MR) is 97.2 cm³/mol. The molecule has 0 atom stereocenters. The molecule has 3 heteroatoms. The molecule has 0 spiro atoms. The van der Waals surface area contributed by atoms with Gasteiger partial charge in [0.1, 0.15) is 0 Å². The molecule has 0 saturated heterocycles. The van der Waals surface area contributed by atoms with E-state index in [4.69, 9.17) is 5.32 Å². The molecule has 1 fully saturated rings. The standard InChI is InChI=1S/C22H23N.2Li/c1-21(2,3)23-22(20-16-10-11-17-20,18-12-6-4-7-13-18)19-14-8-5-9-15-19;;/h4-17H,1-3H3;;/q-1;2*+1.